The Morgan fingerprint density at radius 2 is 1.65 bits per heavy atom. The summed E-state index contributed by atoms with van der Waals surface area (Å²) in [6.45, 7) is 3.41. The van der Waals surface area contributed by atoms with Gasteiger partial charge in [-0.1, -0.05) is 37.3 Å². The first-order valence-corrected chi connectivity index (χ1v) is 5.98. The monoisotopic (exact) mass is 228 g/mol. The maximum absolute atomic E-state index is 5.64. The predicted octanol–water partition coefficient (Wildman–Crippen LogP) is 2.71. The number of aromatic nitrogens is 1. The van der Waals surface area contributed by atoms with E-state index >= 15 is 0 Å². The van der Waals surface area contributed by atoms with Crippen LogP contribution in [-0.4, -0.2) is 0 Å². The second-order valence-corrected chi connectivity index (χ2v) is 4.04. The number of aryl methyl sites for hydroxylation is 1. The van der Waals surface area contributed by atoms with Gasteiger partial charge in [0.1, 0.15) is 0 Å². The molecule has 0 N–H and O–H groups in total. The van der Waals surface area contributed by atoms with Crippen LogP contribution in [0.15, 0.2) is 54.9 Å². The Morgan fingerprint density at radius 1 is 0.941 bits per heavy atom. The number of hydrogen-bond acceptors (Lipinski definition) is 1. The van der Waals surface area contributed by atoms with E-state index in [0.29, 0.717) is 13.3 Å². The molecule has 0 radical (unpaired) electrons. The molecule has 1 aromatic carbocycles. The molecule has 2 nitrogen and oxygen atoms in total. The van der Waals surface area contributed by atoms with Crippen molar-refractivity contribution in [2.75, 3.05) is 0 Å². The highest BCUT2D eigenvalue weighted by molar-refractivity contribution is 5.13. The van der Waals surface area contributed by atoms with Crippen molar-refractivity contribution in [3.05, 3.63) is 66.0 Å². The molecule has 0 fully saturated rings. The highest BCUT2D eigenvalue weighted by Gasteiger charge is 2.00. The van der Waals surface area contributed by atoms with Crippen LogP contribution >= 0.6 is 0 Å². The van der Waals surface area contributed by atoms with Gasteiger partial charge in [-0.05, 0) is 17.5 Å². The summed E-state index contributed by atoms with van der Waals surface area (Å²) in [5.41, 5.74) is 2.56. The van der Waals surface area contributed by atoms with E-state index in [1.54, 1.807) is 0 Å². The van der Waals surface area contributed by atoms with E-state index in [1.807, 2.05) is 22.8 Å². The molecule has 2 aromatic rings. The number of rotatable bonds is 5. The van der Waals surface area contributed by atoms with Crippen LogP contribution in [0.5, 0.6) is 0 Å². The van der Waals surface area contributed by atoms with E-state index in [1.165, 1.54) is 11.1 Å². The summed E-state index contributed by atoms with van der Waals surface area (Å²) in [6.07, 6.45) is 5.19. The molecule has 0 saturated heterocycles. The Labute approximate surface area is 102 Å². The standard InChI is InChI=1S/C15H18NO/c1-2-14-8-10-16(11-9-14)13-17-12-15-6-4-3-5-7-15/h3-11H,2,12-13H2,1H3/q+1. The molecule has 17 heavy (non-hydrogen) atoms. The lowest BCUT2D eigenvalue weighted by molar-refractivity contribution is -0.733. The van der Waals surface area contributed by atoms with Crippen LogP contribution in [0.2, 0.25) is 0 Å². The summed E-state index contributed by atoms with van der Waals surface area (Å²) >= 11 is 0. The topological polar surface area (TPSA) is 13.1 Å². The largest absolute Gasteiger partial charge is 0.318 e. The van der Waals surface area contributed by atoms with Crippen molar-refractivity contribution in [3.8, 4) is 0 Å². The zero-order valence-corrected chi connectivity index (χ0v) is 10.2. The van der Waals surface area contributed by atoms with Crippen molar-refractivity contribution in [1.82, 2.24) is 0 Å². The summed E-state index contributed by atoms with van der Waals surface area (Å²) in [4.78, 5) is 0. The second-order valence-electron chi connectivity index (χ2n) is 4.04. The van der Waals surface area contributed by atoms with Gasteiger partial charge < -0.3 is 4.74 Å². The number of nitrogens with zero attached hydrogens (tertiary/aromatic N) is 1. The fourth-order valence-electron chi connectivity index (χ4n) is 1.65. The Bertz CT molecular complexity index is 436. The third-order valence-electron chi connectivity index (χ3n) is 2.72. The van der Waals surface area contributed by atoms with Crippen molar-refractivity contribution in [2.24, 2.45) is 0 Å². The normalized spacial score (nSPS) is 10.4. The summed E-state index contributed by atoms with van der Waals surface area (Å²) in [7, 11) is 0. The van der Waals surface area contributed by atoms with Crippen LogP contribution in [0.1, 0.15) is 18.1 Å². The van der Waals surface area contributed by atoms with Crippen LogP contribution in [0.25, 0.3) is 0 Å². The van der Waals surface area contributed by atoms with Crippen LogP contribution in [0, 0.1) is 0 Å². The molecule has 0 aliphatic heterocycles. The first-order chi connectivity index (χ1) is 8.38. The molecule has 1 heterocycles. The SMILES string of the molecule is CCc1cc[n+](COCc2ccccc2)cc1. The molecule has 1 aromatic heterocycles. The van der Waals surface area contributed by atoms with Gasteiger partial charge in [0.05, 0.1) is 6.61 Å². The van der Waals surface area contributed by atoms with Crippen LogP contribution in [0.3, 0.4) is 0 Å². The molecular formula is C15H18NO+. The molecule has 0 aliphatic rings. The third-order valence-corrected chi connectivity index (χ3v) is 2.72. The number of ether oxygens (including phenoxy) is 1. The minimum atomic E-state index is 0.596. The van der Waals surface area contributed by atoms with Gasteiger partial charge >= 0.3 is 0 Å². The summed E-state index contributed by atoms with van der Waals surface area (Å²) in [6, 6.07) is 14.5. The van der Waals surface area contributed by atoms with Crippen molar-refractivity contribution in [3.63, 3.8) is 0 Å². The van der Waals surface area contributed by atoms with Gasteiger partial charge in [-0.3, -0.25) is 0 Å². The lowest BCUT2D eigenvalue weighted by Crippen LogP contribution is -2.34. The molecule has 2 heteroatoms. The molecule has 0 saturated carbocycles. The quantitative estimate of drug-likeness (QED) is 0.717. The maximum Gasteiger partial charge on any atom is 0.252 e. The smallest absolute Gasteiger partial charge is 0.252 e. The van der Waals surface area contributed by atoms with E-state index in [9.17, 15) is 0 Å². The Balaban J connectivity index is 1.82. The van der Waals surface area contributed by atoms with Crippen molar-refractivity contribution >= 4 is 0 Å². The Kier molecular flexibility index (Phi) is 4.28. The van der Waals surface area contributed by atoms with E-state index in [2.05, 4.69) is 43.6 Å². The highest BCUT2D eigenvalue weighted by Crippen LogP contribution is 2.00. The lowest BCUT2D eigenvalue weighted by atomic mass is 10.2. The van der Waals surface area contributed by atoms with E-state index in [4.69, 9.17) is 4.74 Å². The average molecular weight is 228 g/mol. The molecule has 0 amide bonds. The van der Waals surface area contributed by atoms with Gasteiger partial charge in [-0.2, -0.15) is 4.57 Å². The van der Waals surface area contributed by atoms with Gasteiger partial charge in [0.25, 0.3) is 6.73 Å². The molecule has 0 bridgehead atoms. The number of pyridine rings is 1. The fraction of sp³-hybridized carbons (Fsp3) is 0.267. The molecule has 0 unspecified atom stereocenters. The van der Waals surface area contributed by atoms with Gasteiger partial charge in [-0.25, -0.2) is 0 Å². The lowest BCUT2D eigenvalue weighted by Gasteiger charge is -2.01. The summed E-state index contributed by atoms with van der Waals surface area (Å²) in [5.74, 6) is 0. The molecule has 88 valence electrons. The van der Waals surface area contributed by atoms with E-state index in [0.717, 1.165) is 6.42 Å². The highest BCUT2D eigenvalue weighted by atomic mass is 16.5. The Morgan fingerprint density at radius 3 is 2.29 bits per heavy atom. The zero-order chi connectivity index (χ0) is 11.9. The maximum atomic E-state index is 5.64. The molecule has 0 aliphatic carbocycles. The van der Waals surface area contributed by atoms with Crippen LogP contribution < -0.4 is 4.57 Å². The predicted molar refractivity (Wildman–Crippen MR) is 67.2 cm³/mol. The molecule has 0 spiro atoms. The van der Waals surface area contributed by atoms with Crippen molar-refractivity contribution in [2.45, 2.75) is 26.7 Å². The minimum Gasteiger partial charge on any atom is -0.318 e. The number of benzene rings is 1. The second kappa shape index (κ2) is 6.16. The fourth-order valence-corrected chi connectivity index (χ4v) is 1.65. The van der Waals surface area contributed by atoms with Crippen molar-refractivity contribution < 1.29 is 9.30 Å². The Hall–Kier alpha value is -1.67. The van der Waals surface area contributed by atoms with Gasteiger partial charge in [0.2, 0.25) is 0 Å². The van der Waals surface area contributed by atoms with Gasteiger partial charge in [0.15, 0.2) is 12.4 Å². The van der Waals surface area contributed by atoms with Gasteiger partial charge in [0, 0.05) is 12.1 Å². The molecular weight excluding hydrogens is 210 g/mol. The van der Waals surface area contributed by atoms with E-state index < -0.39 is 0 Å². The van der Waals surface area contributed by atoms with Crippen molar-refractivity contribution in [1.29, 1.82) is 0 Å². The van der Waals surface area contributed by atoms with Gasteiger partial charge in [-0.15, -0.1) is 0 Å². The van der Waals surface area contributed by atoms with E-state index in [-0.39, 0.29) is 0 Å². The zero-order valence-electron chi connectivity index (χ0n) is 10.2. The average Bonchev–Trinajstić information content (AvgIpc) is 2.41. The third kappa shape index (κ3) is 3.68. The van der Waals surface area contributed by atoms with Crippen LogP contribution in [0.4, 0.5) is 0 Å². The molecule has 2 rings (SSSR count). The van der Waals surface area contributed by atoms with Crippen LogP contribution in [-0.2, 0) is 24.5 Å². The first-order valence-electron chi connectivity index (χ1n) is 5.98. The summed E-state index contributed by atoms with van der Waals surface area (Å²) in [5, 5.41) is 0. The first kappa shape index (κ1) is 11.8. The minimum absolute atomic E-state index is 0.596. The number of hydrogen-bond donors (Lipinski definition) is 0. The summed E-state index contributed by atoms with van der Waals surface area (Å²) < 4.78 is 7.69. The molecule has 0 atom stereocenters.